The largest absolute Gasteiger partial charge is 0.310 e. The van der Waals surface area contributed by atoms with Crippen LogP contribution in [-0.2, 0) is 23.3 Å². The normalized spacial score (nSPS) is 13.7. The Labute approximate surface area is 409 Å². The minimum absolute atomic E-state index is 0.0214. The van der Waals surface area contributed by atoms with Crippen molar-refractivity contribution in [3.05, 3.63) is 155 Å². The van der Waals surface area contributed by atoms with Crippen molar-refractivity contribution in [2.45, 2.75) is 135 Å². The van der Waals surface area contributed by atoms with Gasteiger partial charge in [0.05, 0.1) is 18.1 Å². The average molecular weight is 909 g/mol. The second-order valence-electron chi connectivity index (χ2n) is 23.8. The first-order valence-corrected chi connectivity index (χ1v) is 25.8. The first-order valence-electron chi connectivity index (χ1n) is 25.0. The highest BCUT2D eigenvalue weighted by molar-refractivity contribution is 8.00. The molecule has 0 fully saturated rings. The minimum atomic E-state index is -0.0230. The van der Waals surface area contributed by atoms with E-state index >= 15 is 0 Å². The summed E-state index contributed by atoms with van der Waals surface area (Å²) in [4.78, 5) is 2.71. The molecule has 0 spiro atoms. The number of benzene rings is 7. The van der Waals surface area contributed by atoms with Crippen LogP contribution in [0.25, 0.3) is 66.7 Å². The molecule has 0 saturated carbocycles. The second-order valence-corrected chi connectivity index (χ2v) is 24.9. The number of rotatable bonds is 5. The molecule has 0 unspecified atom stereocenters. The van der Waals surface area contributed by atoms with Crippen LogP contribution >= 0.6 is 11.8 Å². The van der Waals surface area contributed by atoms with Gasteiger partial charge in [0.15, 0.2) is 11.0 Å². The smallest absolute Gasteiger partial charge is 0.295 e. The maximum atomic E-state index is 2.65. The van der Waals surface area contributed by atoms with Crippen LogP contribution in [-0.4, -0.2) is 15.8 Å². The third-order valence-corrected chi connectivity index (χ3v) is 16.5. The molecule has 2 aromatic heterocycles. The van der Waals surface area contributed by atoms with Gasteiger partial charge in [-0.3, -0.25) is 0 Å². The van der Waals surface area contributed by atoms with Crippen LogP contribution in [0.2, 0.25) is 0 Å². The molecule has 0 radical (unpaired) electrons. The van der Waals surface area contributed by atoms with E-state index in [2.05, 4.69) is 239 Å². The Balaban J connectivity index is 1.25. The van der Waals surface area contributed by atoms with Gasteiger partial charge in [0.25, 0.3) is 5.82 Å². The van der Waals surface area contributed by atoms with Gasteiger partial charge in [-0.2, -0.15) is 4.57 Å². The quantitative estimate of drug-likeness (QED) is 0.124. The van der Waals surface area contributed by atoms with E-state index in [4.69, 9.17) is 0 Å². The van der Waals surface area contributed by atoms with E-state index in [-0.39, 0.29) is 23.0 Å². The Hall–Kier alpha value is -5.78. The number of hydrogen-bond donors (Lipinski definition) is 0. The number of nitrogens with zero attached hydrogens (tertiary/aromatic N) is 3. The standard InChI is InChI=1S/C63H67BN3S/c1-36(2)44-21-18-22-45(37(3)4)58(44)67-53-29-39(23-26-52(53)65(15)60(67)46-20-17-16-19-38(46)5)40-30-54-57-56(31-40)68-55-28-25-42(62(9,10)11)34-49(55)64(57)50-35-43(63(12,13)14)33-48-47-32-41(61(6,7)8)24-27-51(47)66(54)59(48)50/h16-37H,1-15H3/q+1. The fourth-order valence-electron chi connectivity index (χ4n) is 11.5. The Kier molecular flexibility index (Phi) is 10.1. The second kappa shape index (κ2) is 15.4. The number of aryl methyl sites for hydroxylation is 2. The molecule has 2 aliphatic heterocycles. The summed E-state index contributed by atoms with van der Waals surface area (Å²) in [6, 6.07) is 47.9. The molecule has 3 nitrogen and oxygen atoms in total. The van der Waals surface area contributed by atoms with Gasteiger partial charge in [-0.25, -0.2) is 4.57 Å². The lowest BCUT2D eigenvalue weighted by Crippen LogP contribution is -2.59. The van der Waals surface area contributed by atoms with Gasteiger partial charge in [-0.05, 0) is 140 Å². The average Bonchev–Trinajstić information content (AvgIpc) is 3.77. The zero-order valence-corrected chi connectivity index (χ0v) is 43.8. The van der Waals surface area contributed by atoms with E-state index in [9.17, 15) is 0 Å². The van der Waals surface area contributed by atoms with Crippen LogP contribution in [0.15, 0.2) is 131 Å². The van der Waals surface area contributed by atoms with E-state index in [1.165, 1.54) is 126 Å². The molecule has 2 aliphatic rings. The molecule has 7 aromatic carbocycles. The van der Waals surface area contributed by atoms with Crippen LogP contribution < -0.4 is 21.0 Å². The summed E-state index contributed by atoms with van der Waals surface area (Å²) in [5, 5.41) is 2.70. The maximum absolute atomic E-state index is 2.65. The zero-order chi connectivity index (χ0) is 48.1. The Morgan fingerprint density at radius 3 is 1.84 bits per heavy atom. The first-order chi connectivity index (χ1) is 32.1. The highest BCUT2D eigenvalue weighted by atomic mass is 32.2. The summed E-state index contributed by atoms with van der Waals surface area (Å²) in [6.07, 6.45) is 0. The molecular weight excluding hydrogens is 842 g/mol. The number of imidazole rings is 1. The lowest BCUT2D eigenvalue weighted by atomic mass is 9.35. The fourth-order valence-corrected chi connectivity index (χ4v) is 12.7. The lowest BCUT2D eigenvalue weighted by molar-refractivity contribution is -0.633. The molecule has 5 heteroatoms. The molecule has 9 aromatic rings. The van der Waals surface area contributed by atoms with Gasteiger partial charge >= 0.3 is 0 Å². The van der Waals surface area contributed by atoms with Crippen LogP contribution in [0.3, 0.4) is 0 Å². The third-order valence-electron chi connectivity index (χ3n) is 15.4. The van der Waals surface area contributed by atoms with Crippen molar-refractivity contribution in [2.75, 3.05) is 0 Å². The number of fused-ring (bicyclic) bond motifs is 8. The number of aromatic nitrogens is 3. The van der Waals surface area contributed by atoms with Crippen molar-refractivity contribution in [3.8, 4) is 33.9 Å². The van der Waals surface area contributed by atoms with E-state index in [0.29, 0.717) is 11.8 Å². The lowest BCUT2D eigenvalue weighted by Gasteiger charge is -2.35. The Morgan fingerprint density at radius 2 is 1.18 bits per heavy atom. The summed E-state index contributed by atoms with van der Waals surface area (Å²) < 4.78 is 7.70. The Bertz CT molecular complexity index is 3550. The van der Waals surface area contributed by atoms with Gasteiger partial charge in [-0.15, -0.1) is 0 Å². The molecule has 0 atom stereocenters. The van der Waals surface area contributed by atoms with Gasteiger partial charge < -0.3 is 4.57 Å². The molecule has 342 valence electrons. The molecule has 0 bridgehead atoms. The summed E-state index contributed by atoms with van der Waals surface area (Å²) in [7, 11) is 2.26. The molecular formula is C63H67BN3S+. The summed E-state index contributed by atoms with van der Waals surface area (Å²) in [5.41, 5.74) is 23.9. The summed E-state index contributed by atoms with van der Waals surface area (Å²) in [5.74, 6) is 1.89. The Morgan fingerprint density at radius 1 is 0.544 bits per heavy atom. The van der Waals surface area contributed by atoms with Gasteiger partial charge in [0.2, 0.25) is 6.71 Å². The molecule has 4 heterocycles. The van der Waals surface area contributed by atoms with Crippen LogP contribution in [0.1, 0.15) is 135 Å². The van der Waals surface area contributed by atoms with E-state index in [0.717, 1.165) is 0 Å². The monoisotopic (exact) mass is 909 g/mol. The van der Waals surface area contributed by atoms with E-state index < -0.39 is 0 Å². The van der Waals surface area contributed by atoms with Crippen LogP contribution in [0.5, 0.6) is 0 Å². The molecule has 68 heavy (non-hydrogen) atoms. The fraction of sp³-hybridized carbons (Fsp3) is 0.317. The third kappa shape index (κ3) is 6.80. The van der Waals surface area contributed by atoms with Crippen molar-refractivity contribution >= 4 is 67.7 Å². The topological polar surface area (TPSA) is 13.7 Å². The minimum Gasteiger partial charge on any atom is -0.310 e. The first kappa shape index (κ1) is 44.7. The molecule has 0 aliphatic carbocycles. The van der Waals surface area contributed by atoms with E-state index in [1.54, 1.807) is 0 Å². The van der Waals surface area contributed by atoms with Crippen molar-refractivity contribution in [1.82, 2.24) is 9.13 Å². The number of para-hydroxylation sites is 1. The predicted octanol–water partition coefficient (Wildman–Crippen LogP) is 14.6. The van der Waals surface area contributed by atoms with Crippen LogP contribution in [0, 0.1) is 6.92 Å². The van der Waals surface area contributed by atoms with Gasteiger partial charge in [-0.1, -0.05) is 168 Å². The SMILES string of the molecule is Cc1ccccc1-c1n(-c2c(C(C)C)cccc2C(C)C)c2cc(-c3cc4c5c(c3)-n3c6ccc(C(C)(C)C)cc6c6cc(C(C)(C)C)cc(c63)B5c3cc(C(C)(C)C)ccc3S4)ccc2[n+]1C. The molecule has 0 amide bonds. The predicted molar refractivity (Wildman–Crippen MR) is 294 cm³/mol. The van der Waals surface area contributed by atoms with Gasteiger partial charge in [0, 0.05) is 42.9 Å². The summed E-state index contributed by atoms with van der Waals surface area (Å²) >= 11 is 1.96. The highest BCUT2D eigenvalue weighted by Crippen LogP contribution is 2.45. The van der Waals surface area contributed by atoms with Crippen molar-refractivity contribution in [1.29, 1.82) is 0 Å². The molecule has 11 rings (SSSR count). The zero-order valence-electron chi connectivity index (χ0n) is 43.0. The maximum Gasteiger partial charge on any atom is 0.295 e. The van der Waals surface area contributed by atoms with Crippen molar-refractivity contribution in [2.24, 2.45) is 7.05 Å². The molecule has 0 saturated heterocycles. The van der Waals surface area contributed by atoms with Crippen molar-refractivity contribution < 1.29 is 4.57 Å². The number of hydrogen-bond acceptors (Lipinski definition) is 1. The van der Waals surface area contributed by atoms with E-state index in [1.807, 2.05) is 11.8 Å². The van der Waals surface area contributed by atoms with Crippen LogP contribution in [0.4, 0.5) is 0 Å². The van der Waals surface area contributed by atoms with Crippen molar-refractivity contribution in [3.63, 3.8) is 0 Å². The molecule has 0 N–H and O–H groups in total. The highest BCUT2D eigenvalue weighted by Gasteiger charge is 2.42. The van der Waals surface area contributed by atoms with Gasteiger partial charge in [0.1, 0.15) is 5.69 Å². The summed E-state index contributed by atoms with van der Waals surface area (Å²) in [6.45, 7) is 32.9.